The van der Waals surface area contributed by atoms with E-state index in [0.29, 0.717) is 19.1 Å². The van der Waals surface area contributed by atoms with Gasteiger partial charge in [-0.05, 0) is 43.9 Å². The van der Waals surface area contributed by atoms with Crippen molar-refractivity contribution in [3.05, 3.63) is 17.8 Å². The van der Waals surface area contributed by atoms with Crippen LogP contribution in [0, 0.1) is 5.92 Å². The Morgan fingerprint density at radius 2 is 2.25 bits per heavy atom. The summed E-state index contributed by atoms with van der Waals surface area (Å²) in [7, 11) is 5.29. The van der Waals surface area contributed by atoms with Gasteiger partial charge in [-0.25, -0.2) is 0 Å². The van der Waals surface area contributed by atoms with Crippen molar-refractivity contribution < 1.29 is 9.53 Å². The zero-order valence-electron chi connectivity index (χ0n) is 15.0. The molecule has 24 heavy (non-hydrogen) atoms. The second-order valence-electron chi connectivity index (χ2n) is 6.57. The van der Waals surface area contributed by atoms with E-state index < -0.39 is 0 Å². The highest BCUT2D eigenvalue weighted by Crippen LogP contribution is 2.20. The molecule has 0 aliphatic carbocycles. The Hall–Kier alpha value is -1.73. The van der Waals surface area contributed by atoms with Crippen LogP contribution in [0.3, 0.4) is 0 Å². The molecule has 134 valence electrons. The number of rotatable bonds is 8. The summed E-state index contributed by atoms with van der Waals surface area (Å²) >= 11 is 0. The molecule has 1 saturated heterocycles. The molecule has 1 fully saturated rings. The van der Waals surface area contributed by atoms with Crippen LogP contribution in [0.5, 0.6) is 0 Å². The molecule has 1 aliphatic heterocycles. The minimum atomic E-state index is 0.168. The lowest BCUT2D eigenvalue weighted by molar-refractivity contribution is -0.130. The molecular formula is C17H29N5O2. The molecule has 0 aromatic carbocycles. The fraction of sp³-hybridized carbons (Fsp3) is 0.706. The Balaban J connectivity index is 1.81. The number of likely N-dealkylation sites (tertiary alicyclic amines) is 1. The molecule has 0 saturated carbocycles. The number of anilines is 1. The third kappa shape index (κ3) is 6.05. The van der Waals surface area contributed by atoms with E-state index in [1.165, 1.54) is 6.42 Å². The molecule has 1 aliphatic rings. The van der Waals surface area contributed by atoms with Gasteiger partial charge in [-0.3, -0.25) is 9.69 Å². The van der Waals surface area contributed by atoms with E-state index in [1.807, 2.05) is 26.2 Å². The van der Waals surface area contributed by atoms with Gasteiger partial charge in [-0.15, -0.1) is 5.10 Å². The summed E-state index contributed by atoms with van der Waals surface area (Å²) in [5, 5.41) is 11.7. The molecule has 0 unspecified atom stereocenters. The highest BCUT2D eigenvalue weighted by Gasteiger charge is 2.22. The molecule has 0 spiro atoms. The van der Waals surface area contributed by atoms with Crippen molar-refractivity contribution in [2.24, 2.45) is 5.92 Å². The molecule has 0 radical (unpaired) electrons. The predicted molar refractivity (Wildman–Crippen MR) is 94.0 cm³/mol. The molecule has 1 aromatic heterocycles. The number of methoxy groups -OCH3 is 1. The van der Waals surface area contributed by atoms with Crippen LogP contribution < -0.4 is 5.32 Å². The van der Waals surface area contributed by atoms with Gasteiger partial charge in [-0.2, -0.15) is 5.10 Å². The van der Waals surface area contributed by atoms with Crippen LogP contribution >= 0.6 is 0 Å². The molecule has 7 nitrogen and oxygen atoms in total. The Morgan fingerprint density at radius 1 is 1.42 bits per heavy atom. The molecule has 7 heteroatoms. The summed E-state index contributed by atoms with van der Waals surface area (Å²) < 4.78 is 5.00. The number of piperidine rings is 1. The van der Waals surface area contributed by atoms with Crippen molar-refractivity contribution in [2.45, 2.75) is 19.3 Å². The van der Waals surface area contributed by atoms with E-state index in [2.05, 4.69) is 20.4 Å². The van der Waals surface area contributed by atoms with Crippen LogP contribution in [-0.4, -0.2) is 79.9 Å². The van der Waals surface area contributed by atoms with Gasteiger partial charge < -0.3 is 15.0 Å². The van der Waals surface area contributed by atoms with Gasteiger partial charge in [0.05, 0.1) is 18.8 Å². The lowest BCUT2D eigenvalue weighted by atomic mass is 9.93. The largest absolute Gasteiger partial charge is 0.383 e. The molecule has 1 atom stereocenters. The maximum absolute atomic E-state index is 11.9. The summed E-state index contributed by atoms with van der Waals surface area (Å²) in [6, 6.07) is 4.00. The Bertz CT molecular complexity index is 506. The molecular weight excluding hydrogens is 306 g/mol. The molecule has 1 aromatic rings. The Labute approximate surface area is 144 Å². The number of hydrogen-bond donors (Lipinski definition) is 1. The lowest BCUT2D eigenvalue weighted by Gasteiger charge is -2.32. The first-order valence-corrected chi connectivity index (χ1v) is 8.56. The number of aromatic nitrogens is 2. The average Bonchev–Trinajstić information content (AvgIpc) is 2.57. The van der Waals surface area contributed by atoms with E-state index in [-0.39, 0.29) is 5.91 Å². The van der Waals surface area contributed by atoms with E-state index in [9.17, 15) is 4.79 Å². The average molecular weight is 335 g/mol. The van der Waals surface area contributed by atoms with Crippen LogP contribution in [0.1, 0.15) is 18.5 Å². The fourth-order valence-electron chi connectivity index (χ4n) is 2.93. The topological polar surface area (TPSA) is 70.6 Å². The second-order valence-corrected chi connectivity index (χ2v) is 6.57. The van der Waals surface area contributed by atoms with Crippen LogP contribution in [0.15, 0.2) is 12.1 Å². The maximum atomic E-state index is 11.9. The number of nitrogens with one attached hydrogen (secondary N) is 1. The maximum Gasteiger partial charge on any atom is 0.236 e. The van der Waals surface area contributed by atoms with Crippen molar-refractivity contribution in [1.82, 2.24) is 20.0 Å². The molecule has 1 amide bonds. The number of likely N-dealkylation sites (N-methyl/N-ethyl adjacent to an activating group) is 1. The number of ether oxygens (including phenoxy) is 1. The SMILES string of the molecule is COCCNc1ccc(C[C@H]2CCCN(CC(=O)N(C)C)C2)nn1. The van der Waals surface area contributed by atoms with E-state index in [4.69, 9.17) is 4.74 Å². The van der Waals surface area contributed by atoms with Gasteiger partial charge in [-0.1, -0.05) is 0 Å². The summed E-state index contributed by atoms with van der Waals surface area (Å²) in [6.45, 7) is 3.84. The van der Waals surface area contributed by atoms with Gasteiger partial charge >= 0.3 is 0 Å². The van der Waals surface area contributed by atoms with Crippen molar-refractivity contribution in [3.63, 3.8) is 0 Å². The summed E-state index contributed by atoms with van der Waals surface area (Å²) in [6.07, 6.45) is 3.23. The normalized spacial score (nSPS) is 18.4. The van der Waals surface area contributed by atoms with Gasteiger partial charge in [0.15, 0.2) is 0 Å². The smallest absolute Gasteiger partial charge is 0.236 e. The van der Waals surface area contributed by atoms with Gasteiger partial charge in [0.1, 0.15) is 5.82 Å². The first-order valence-electron chi connectivity index (χ1n) is 8.56. The monoisotopic (exact) mass is 335 g/mol. The highest BCUT2D eigenvalue weighted by atomic mass is 16.5. The predicted octanol–water partition coefficient (Wildman–Crippen LogP) is 0.878. The standard InChI is InChI=1S/C17H29N5O2/c1-21(2)17(23)13-22-9-4-5-14(12-22)11-15-6-7-16(20-19-15)18-8-10-24-3/h6-7,14H,4-5,8-13H2,1-3H3,(H,18,20)/t14-/m1/s1. The van der Waals surface area contributed by atoms with Crippen LogP contribution in [0.2, 0.25) is 0 Å². The van der Waals surface area contributed by atoms with E-state index in [0.717, 1.165) is 44.0 Å². The van der Waals surface area contributed by atoms with E-state index in [1.54, 1.807) is 12.0 Å². The number of nitrogens with zero attached hydrogens (tertiary/aromatic N) is 4. The zero-order valence-corrected chi connectivity index (χ0v) is 15.0. The van der Waals surface area contributed by atoms with Crippen molar-refractivity contribution in [1.29, 1.82) is 0 Å². The number of amides is 1. The first kappa shape index (κ1) is 18.6. The molecule has 1 N–H and O–H groups in total. The Kier molecular flexibility index (Phi) is 7.39. The summed E-state index contributed by atoms with van der Waals surface area (Å²) in [5.74, 6) is 1.48. The van der Waals surface area contributed by atoms with Gasteiger partial charge in [0.2, 0.25) is 5.91 Å². The Morgan fingerprint density at radius 3 is 2.92 bits per heavy atom. The summed E-state index contributed by atoms with van der Waals surface area (Å²) in [4.78, 5) is 15.8. The van der Waals surface area contributed by atoms with Gasteiger partial charge in [0, 0.05) is 34.3 Å². The molecule has 2 heterocycles. The number of hydrogen-bond acceptors (Lipinski definition) is 6. The van der Waals surface area contributed by atoms with Crippen LogP contribution in [0.25, 0.3) is 0 Å². The van der Waals surface area contributed by atoms with Crippen molar-refractivity contribution in [2.75, 3.05) is 59.3 Å². The number of carbonyl (C=O) groups excluding carboxylic acids is 1. The molecule has 0 bridgehead atoms. The van der Waals surface area contributed by atoms with Crippen molar-refractivity contribution >= 4 is 11.7 Å². The minimum absolute atomic E-state index is 0.168. The second kappa shape index (κ2) is 9.54. The first-order chi connectivity index (χ1) is 11.6. The van der Waals surface area contributed by atoms with Crippen LogP contribution in [0.4, 0.5) is 5.82 Å². The highest BCUT2D eigenvalue weighted by molar-refractivity contribution is 5.77. The fourth-order valence-corrected chi connectivity index (χ4v) is 2.93. The van der Waals surface area contributed by atoms with Crippen molar-refractivity contribution in [3.8, 4) is 0 Å². The quantitative estimate of drug-likeness (QED) is 0.711. The zero-order chi connectivity index (χ0) is 17.4. The third-order valence-electron chi connectivity index (χ3n) is 4.29. The van der Waals surface area contributed by atoms with E-state index >= 15 is 0 Å². The van der Waals surface area contributed by atoms with Crippen LogP contribution in [-0.2, 0) is 16.0 Å². The third-order valence-corrected chi connectivity index (χ3v) is 4.29. The number of carbonyl (C=O) groups is 1. The minimum Gasteiger partial charge on any atom is -0.383 e. The summed E-state index contributed by atoms with van der Waals surface area (Å²) in [5.41, 5.74) is 1.01. The van der Waals surface area contributed by atoms with Gasteiger partial charge in [0.25, 0.3) is 0 Å². The molecule has 2 rings (SSSR count). The lowest BCUT2D eigenvalue weighted by Crippen LogP contribution is -2.42.